The van der Waals surface area contributed by atoms with Gasteiger partial charge in [-0.05, 0) is 23.3 Å². The molecular weight excluding hydrogens is 378 g/mol. The molecule has 1 fully saturated rings. The first-order valence-corrected chi connectivity index (χ1v) is 9.89. The minimum atomic E-state index is -0.0617. The molecule has 8 nitrogen and oxygen atoms in total. The van der Waals surface area contributed by atoms with Gasteiger partial charge in [0, 0.05) is 57.9 Å². The number of aromatic nitrogens is 3. The van der Waals surface area contributed by atoms with E-state index in [0.29, 0.717) is 38.3 Å². The quantitative estimate of drug-likeness (QED) is 0.708. The molecule has 0 unspecified atom stereocenters. The van der Waals surface area contributed by atoms with Gasteiger partial charge < -0.3 is 19.7 Å². The summed E-state index contributed by atoms with van der Waals surface area (Å²) in [7, 11) is 0. The third kappa shape index (κ3) is 4.75. The molecule has 3 aromatic rings. The van der Waals surface area contributed by atoms with Crippen molar-refractivity contribution >= 4 is 11.8 Å². The zero-order chi connectivity index (χ0) is 20.8. The minimum Gasteiger partial charge on any atom is -0.353 e. The number of rotatable bonds is 5. The Morgan fingerprint density at radius 1 is 1.10 bits per heavy atom. The van der Waals surface area contributed by atoms with E-state index in [-0.39, 0.29) is 6.03 Å². The Hall–Kier alpha value is -3.86. The predicted octanol–water partition coefficient (Wildman–Crippen LogP) is 2.23. The second kappa shape index (κ2) is 9.09. The van der Waals surface area contributed by atoms with Crippen molar-refractivity contribution in [3.05, 3.63) is 78.0 Å². The van der Waals surface area contributed by atoms with Crippen LogP contribution in [0.4, 0.5) is 10.6 Å². The summed E-state index contributed by atoms with van der Waals surface area (Å²) in [6, 6.07) is 13.7. The SMILES string of the molecule is N#Cc1ccnc(N2CCN(C(=O)NCc3cccc(Cn4ccnc4)c3)CC2)c1. The second-order valence-corrected chi connectivity index (χ2v) is 7.20. The smallest absolute Gasteiger partial charge is 0.317 e. The molecule has 0 aliphatic carbocycles. The maximum atomic E-state index is 12.6. The summed E-state index contributed by atoms with van der Waals surface area (Å²) in [6.45, 7) is 3.86. The van der Waals surface area contributed by atoms with Gasteiger partial charge in [0.15, 0.2) is 0 Å². The van der Waals surface area contributed by atoms with E-state index >= 15 is 0 Å². The van der Waals surface area contributed by atoms with Gasteiger partial charge in [-0.25, -0.2) is 14.8 Å². The fourth-order valence-electron chi connectivity index (χ4n) is 3.52. The molecule has 2 aromatic heterocycles. The molecule has 1 aliphatic rings. The highest BCUT2D eigenvalue weighted by Crippen LogP contribution is 2.15. The van der Waals surface area contributed by atoms with Gasteiger partial charge in [-0.2, -0.15) is 5.26 Å². The Balaban J connectivity index is 1.27. The Labute approximate surface area is 175 Å². The second-order valence-electron chi connectivity index (χ2n) is 7.20. The number of carbonyl (C=O) groups excluding carboxylic acids is 1. The van der Waals surface area contributed by atoms with Crippen molar-refractivity contribution in [2.45, 2.75) is 13.1 Å². The van der Waals surface area contributed by atoms with E-state index < -0.39 is 0 Å². The van der Waals surface area contributed by atoms with Crippen LogP contribution in [0.2, 0.25) is 0 Å². The van der Waals surface area contributed by atoms with Crippen molar-refractivity contribution in [1.29, 1.82) is 5.26 Å². The summed E-state index contributed by atoms with van der Waals surface area (Å²) in [6.07, 6.45) is 7.13. The van der Waals surface area contributed by atoms with Crippen molar-refractivity contribution in [2.75, 3.05) is 31.1 Å². The van der Waals surface area contributed by atoms with Crippen molar-refractivity contribution in [1.82, 2.24) is 24.8 Å². The molecule has 152 valence electrons. The van der Waals surface area contributed by atoms with E-state index in [4.69, 9.17) is 5.26 Å². The number of nitrogens with one attached hydrogen (secondary N) is 1. The minimum absolute atomic E-state index is 0.0617. The van der Waals surface area contributed by atoms with Gasteiger partial charge >= 0.3 is 6.03 Å². The van der Waals surface area contributed by atoms with Crippen molar-refractivity contribution in [3.8, 4) is 6.07 Å². The molecule has 1 aromatic carbocycles. The average molecular weight is 401 g/mol. The lowest BCUT2D eigenvalue weighted by atomic mass is 10.1. The monoisotopic (exact) mass is 401 g/mol. The number of nitriles is 1. The standard InChI is InChI=1S/C22H23N7O/c23-14-18-4-5-25-21(13-18)28-8-10-29(11-9-28)22(30)26-15-19-2-1-3-20(12-19)16-27-7-6-24-17-27/h1-7,12-13,17H,8-11,15-16H2,(H,26,30). The molecule has 0 spiro atoms. The summed E-state index contributed by atoms with van der Waals surface area (Å²) in [4.78, 5) is 24.9. The number of benzene rings is 1. The lowest BCUT2D eigenvalue weighted by Crippen LogP contribution is -2.51. The highest BCUT2D eigenvalue weighted by Gasteiger charge is 2.21. The zero-order valence-corrected chi connectivity index (χ0v) is 16.6. The van der Waals surface area contributed by atoms with Crippen molar-refractivity contribution in [2.24, 2.45) is 0 Å². The van der Waals surface area contributed by atoms with Crippen molar-refractivity contribution < 1.29 is 4.79 Å². The number of carbonyl (C=O) groups is 1. The molecule has 2 amide bonds. The maximum Gasteiger partial charge on any atom is 0.317 e. The highest BCUT2D eigenvalue weighted by atomic mass is 16.2. The number of anilines is 1. The summed E-state index contributed by atoms with van der Waals surface area (Å²) in [5.41, 5.74) is 2.83. The Bertz CT molecular complexity index is 1030. The van der Waals surface area contributed by atoms with Crippen LogP contribution in [0.1, 0.15) is 16.7 Å². The number of hydrogen-bond acceptors (Lipinski definition) is 5. The Morgan fingerprint density at radius 3 is 2.70 bits per heavy atom. The molecular formula is C22H23N7O. The summed E-state index contributed by atoms with van der Waals surface area (Å²) in [5.74, 6) is 0.781. The predicted molar refractivity (Wildman–Crippen MR) is 113 cm³/mol. The number of imidazole rings is 1. The maximum absolute atomic E-state index is 12.6. The van der Waals surface area contributed by atoms with Gasteiger partial charge in [0.05, 0.1) is 18.0 Å². The first kappa shape index (κ1) is 19.5. The van der Waals surface area contributed by atoms with Crippen LogP contribution in [-0.2, 0) is 13.1 Å². The van der Waals surface area contributed by atoms with E-state index in [1.165, 1.54) is 5.56 Å². The molecule has 8 heteroatoms. The van der Waals surface area contributed by atoms with Crippen LogP contribution in [-0.4, -0.2) is 51.6 Å². The lowest BCUT2D eigenvalue weighted by molar-refractivity contribution is 0.194. The fraction of sp³-hybridized carbons (Fsp3) is 0.273. The van der Waals surface area contributed by atoms with E-state index in [9.17, 15) is 4.79 Å². The Kier molecular flexibility index (Phi) is 5.90. The van der Waals surface area contributed by atoms with Crippen molar-refractivity contribution in [3.63, 3.8) is 0 Å². The molecule has 0 bridgehead atoms. The van der Waals surface area contributed by atoms with Crippen LogP contribution in [0.3, 0.4) is 0 Å². The summed E-state index contributed by atoms with van der Waals surface area (Å²) in [5, 5.41) is 12.1. The average Bonchev–Trinajstić information content (AvgIpc) is 3.31. The van der Waals surface area contributed by atoms with Gasteiger partial charge in [0.1, 0.15) is 5.82 Å². The van der Waals surface area contributed by atoms with E-state index in [1.54, 1.807) is 30.9 Å². The molecule has 3 heterocycles. The summed E-state index contributed by atoms with van der Waals surface area (Å²) < 4.78 is 2.01. The number of nitrogens with zero attached hydrogens (tertiary/aromatic N) is 6. The normalized spacial score (nSPS) is 13.7. The third-order valence-corrected chi connectivity index (χ3v) is 5.12. The van der Waals surface area contributed by atoms with Gasteiger partial charge in [0.25, 0.3) is 0 Å². The molecule has 1 aliphatic heterocycles. The van der Waals surface area contributed by atoms with Gasteiger partial charge in [-0.1, -0.05) is 24.3 Å². The third-order valence-electron chi connectivity index (χ3n) is 5.12. The van der Waals surface area contributed by atoms with E-state index in [2.05, 4.69) is 38.4 Å². The van der Waals surface area contributed by atoms with Gasteiger partial charge in [0.2, 0.25) is 0 Å². The number of piperazine rings is 1. The first-order valence-electron chi connectivity index (χ1n) is 9.89. The molecule has 0 saturated carbocycles. The highest BCUT2D eigenvalue weighted by molar-refractivity contribution is 5.74. The molecule has 4 rings (SSSR count). The molecule has 1 saturated heterocycles. The molecule has 30 heavy (non-hydrogen) atoms. The zero-order valence-electron chi connectivity index (χ0n) is 16.6. The van der Waals surface area contributed by atoms with Gasteiger partial charge in [-0.15, -0.1) is 0 Å². The van der Waals surface area contributed by atoms with Crippen LogP contribution in [0.25, 0.3) is 0 Å². The van der Waals surface area contributed by atoms with Gasteiger partial charge in [-0.3, -0.25) is 0 Å². The lowest BCUT2D eigenvalue weighted by Gasteiger charge is -2.35. The number of pyridine rings is 1. The number of amides is 2. The number of hydrogen-bond donors (Lipinski definition) is 1. The fourth-order valence-corrected chi connectivity index (χ4v) is 3.52. The van der Waals surface area contributed by atoms with Crippen LogP contribution < -0.4 is 10.2 Å². The Morgan fingerprint density at radius 2 is 1.93 bits per heavy atom. The molecule has 0 radical (unpaired) electrons. The van der Waals surface area contributed by atoms with Crippen LogP contribution >= 0.6 is 0 Å². The van der Waals surface area contributed by atoms with Crippen LogP contribution in [0.15, 0.2) is 61.3 Å². The first-order chi connectivity index (χ1) is 14.7. The van der Waals surface area contributed by atoms with E-state index in [0.717, 1.165) is 17.9 Å². The van der Waals surface area contributed by atoms with Crippen LogP contribution in [0, 0.1) is 11.3 Å². The summed E-state index contributed by atoms with van der Waals surface area (Å²) >= 11 is 0. The largest absolute Gasteiger partial charge is 0.353 e. The number of urea groups is 1. The molecule has 1 N–H and O–H groups in total. The van der Waals surface area contributed by atoms with E-state index in [1.807, 2.05) is 27.8 Å². The van der Waals surface area contributed by atoms with Crippen LogP contribution in [0.5, 0.6) is 0 Å². The molecule has 0 atom stereocenters. The topological polar surface area (TPSA) is 90.1 Å².